The number of nitrogens with one attached hydrogen (secondary N) is 2. The van der Waals surface area contributed by atoms with E-state index in [1.807, 2.05) is 14.1 Å². The first kappa shape index (κ1) is 17.4. The van der Waals surface area contributed by atoms with Crippen LogP contribution in [0.5, 0.6) is 0 Å². The highest BCUT2D eigenvalue weighted by Crippen LogP contribution is 2.18. The Balaban J connectivity index is 2.65. The summed E-state index contributed by atoms with van der Waals surface area (Å²) in [6.07, 6.45) is 0.324. The molecule has 7 nitrogen and oxygen atoms in total. The predicted molar refractivity (Wildman–Crippen MR) is 79.2 cm³/mol. The van der Waals surface area contributed by atoms with E-state index >= 15 is 0 Å². The molecule has 1 unspecified atom stereocenters. The predicted octanol–water partition coefficient (Wildman–Crippen LogP) is 0.265. The molecule has 0 spiro atoms. The largest absolute Gasteiger partial charge is 0.331 e. The lowest BCUT2D eigenvalue weighted by Crippen LogP contribution is -2.54. The maximum Gasteiger partial charge on any atom is 0.326 e. The lowest BCUT2D eigenvalue weighted by atomic mass is 10.1. The van der Waals surface area contributed by atoms with E-state index in [1.165, 1.54) is 0 Å². The number of hydrogen-bond acceptors (Lipinski definition) is 3. The van der Waals surface area contributed by atoms with Gasteiger partial charge >= 0.3 is 6.03 Å². The van der Waals surface area contributed by atoms with Crippen LogP contribution in [-0.2, 0) is 9.59 Å². The van der Waals surface area contributed by atoms with E-state index < -0.39 is 17.7 Å². The molecule has 0 aromatic rings. The van der Waals surface area contributed by atoms with Crippen LogP contribution in [-0.4, -0.2) is 66.1 Å². The van der Waals surface area contributed by atoms with E-state index in [0.29, 0.717) is 11.0 Å². The molecule has 2 N–H and O–H groups in total. The summed E-state index contributed by atoms with van der Waals surface area (Å²) >= 11 is 0. The number of amides is 4. The van der Waals surface area contributed by atoms with Gasteiger partial charge in [-0.15, -0.1) is 0 Å². The highest BCUT2D eigenvalue weighted by Gasteiger charge is 2.46. The molecule has 7 heteroatoms. The Hall–Kier alpha value is -1.63. The summed E-state index contributed by atoms with van der Waals surface area (Å²) in [7, 11) is 3.95. The van der Waals surface area contributed by atoms with Gasteiger partial charge in [0.15, 0.2) is 6.54 Å². The average molecular weight is 299 g/mol. The molecule has 0 aromatic carbocycles. The number of quaternary nitrogens is 1. The summed E-state index contributed by atoms with van der Waals surface area (Å²) < 4.78 is 0.570. The molecule has 120 valence electrons. The van der Waals surface area contributed by atoms with Crippen molar-refractivity contribution in [1.29, 1.82) is 0 Å². The molecule has 0 radical (unpaired) electrons. The number of carbonyl (C=O) groups excluding carboxylic acids is 3. The second kappa shape index (κ2) is 6.01. The van der Waals surface area contributed by atoms with E-state index in [2.05, 4.69) is 17.6 Å². The summed E-state index contributed by atoms with van der Waals surface area (Å²) in [5, 5.41) is 5.32. The van der Waals surface area contributed by atoms with Gasteiger partial charge < -0.3 is 15.1 Å². The van der Waals surface area contributed by atoms with Crippen molar-refractivity contribution in [2.45, 2.75) is 45.8 Å². The van der Waals surface area contributed by atoms with E-state index in [-0.39, 0.29) is 11.8 Å². The quantitative estimate of drug-likeness (QED) is 0.546. The van der Waals surface area contributed by atoms with Crippen LogP contribution >= 0.6 is 0 Å². The first-order chi connectivity index (χ1) is 9.50. The van der Waals surface area contributed by atoms with E-state index in [9.17, 15) is 14.4 Å². The van der Waals surface area contributed by atoms with Crippen molar-refractivity contribution in [2.75, 3.05) is 27.2 Å². The molecule has 1 aliphatic heterocycles. The molecule has 1 saturated heterocycles. The molecule has 0 aliphatic carbocycles. The van der Waals surface area contributed by atoms with Gasteiger partial charge in [0.25, 0.3) is 11.8 Å². The zero-order valence-electron chi connectivity index (χ0n) is 13.8. The minimum atomic E-state index is -0.923. The van der Waals surface area contributed by atoms with Crippen LogP contribution in [0, 0.1) is 0 Å². The fourth-order valence-electron chi connectivity index (χ4n) is 2.54. The molecule has 1 rings (SSSR count). The fraction of sp³-hybridized carbons (Fsp3) is 0.786. The van der Waals surface area contributed by atoms with Gasteiger partial charge in [0.05, 0.1) is 20.6 Å². The number of hydrogen-bond donors (Lipinski definition) is 2. The molecular weight excluding hydrogens is 272 g/mol. The summed E-state index contributed by atoms with van der Waals surface area (Å²) in [6, 6.07) is -0.472. The van der Waals surface area contributed by atoms with Gasteiger partial charge in [0.2, 0.25) is 0 Å². The Bertz CT molecular complexity index is 446. The number of imide groups is 1. The summed E-state index contributed by atoms with van der Waals surface area (Å²) in [5.41, 5.74) is -0.923. The minimum absolute atomic E-state index is 0.175. The molecule has 0 aromatic heterocycles. The molecular formula is C14H27N4O3+. The molecule has 0 bridgehead atoms. The van der Waals surface area contributed by atoms with Crippen LogP contribution in [0.2, 0.25) is 0 Å². The molecule has 1 heterocycles. The third-order valence-electron chi connectivity index (χ3n) is 3.55. The van der Waals surface area contributed by atoms with Gasteiger partial charge in [-0.2, -0.15) is 0 Å². The van der Waals surface area contributed by atoms with E-state index in [4.69, 9.17) is 0 Å². The highest BCUT2D eigenvalue weighted by molar-refractivity contribution is 6.06. The number of likely N-dealkylation sites (N-methyl/N-ethyl adjacent to an activating group) is 1. The van der Waals surface area contributed by atoms with Crippen LogP contribution in [0.15, 0.2) is 0 Å². The molecule has 0 saturated carbocycles. The average Bonchev–Trinajstić information content (AvgIpc) is 2.46. The highest BCUT2D eigenvalue weighted by atomic mass is 16.2. The second-order valence-corrected chi connectivity index (χ2v) is 6.79. The van der Waals surface area contributed by atoms with Gasteiger partial charge in [0, 0.05) is 0 Å². The summed E-state index contributed by atoms with van der Waals surface area (Å²) in [5.74, 6) is -0.506. The van der Waals surface area contributed by atoms with Crippen LogP contribution in [0.3, 0.4) is 0 Å². The van der Waals surface area contributed by atoms with Gasteiger partial charge in [0.1, 0.15) is 11.7 Å². The van der Waals surface area contributed by atoms with Gasteiger partial charge in [-0.05, 0) is 27.2 Å². The fourth-order valence-corrected chi connectivity index (χ4v) is 2.54. The molecule has 21 heavy (non-hydrogen) atoms. The monoisotopic (exact) mass is 299 g/mol. The van der Waals surface area contributed by atoms with Crippen molar-refractivity contribution in [2.24, 2.45) is 0 Å². The van der Waals surface area contributed by atoms with Crippen molar-refractivity contribution >= 4 is 17.8 Å². The van der Waals surface area contributed by atoms with Gasteiger partial charge in [-0.3, -0.25) is 9.59 Å². The smallest absolute Gasteiger partial charge is 0.326 e. The topological polar surface area (TPSA) is 78.5 Å². The Kier molecular flexibility index (Phi) is 4.99. The molecule has 1 aliphatic rings. The van der Waals surface area contributed by atoms with Crippen LogP contribution in [0.1, 0.15) is 34.1 Å². The lowest BCUT2D eigenvalue weighted by molar-refractivity contribution is -0.882. The second-order valence-electron chi connectivity index (χ2n) is 6.79. The van der Waals surface area contributed by atoms with Crippen LogP contribution < -0.4 is 10.6 Å². The maximum absolute atomic E-state index is 12.1. The Labute approximate surface area is 126 Å². The number of urea groups is 1. The molecule has 1 atom stereocenters. The Morgan fingerprint density at radius 3 is 2.38 bits per heavy atom. The first-order valence-electron chi connectivity index (χ1n) is 7.27. The normalized spacial score (nSPS) is 19.4. The third kappa shape index (κ3) is 4.17. The standard InChI is InChI=1S/C14H26N4O3/c1-7-8-18(5,6)9-11(19)15-10(2)17-12(20)14(3,4)16-13(17)21/h10H,7-9H2,1-6H3,(H-,15,16,19,21)/p+1. The van der Waals surface area contributed by atoms with Crippen LogP contribution in [0.25, 0.3) is 0 Å². The number of nitrogens with zero attached hydrogens (tertiary/aromatic N) is 2. The van der Waals surface area contributed by atoms with Crippen molar-refractivity contribution in [3.8, 4) is 0 Å². The van der Waals surface area contributed by atoms with E-state index in [0.717, 1.165) is 17.9 Å². The summed E-state index contributed by atoms with van der Waals surface area (Å²) in [4.78, 5) is 37.1. The Morgan fingerprint density at radius 2 is 1.95 bits per heavy atom. The number of rotatable bonds is 6. The Morgan fingerprint density at radius 1 is 1.38 bits per heavy atom. The minimum Gasteiger partial charge on any atom is -0.331 e. The van der Waals surface area contributed by atoms with Crippen molar-refractivity contribution < 1.29 is 18.9 Å². The van der Waals surface area contributed by atoms with Crippen molar-refractivity contribution in [3.05, 3.63) is 0 Å². The molecule has 1 fully saturated rings. The third-order valence-corrected chi connectivity index (χ3v) is 3.55. The molecule has 4 amide bonds. The first-order valence-corrected chi connectivity index (χ1v) is 7.27. The van der Waals surface area contributed by atoms with Crippen molar-refractivity contribution in [1.82, 2.24) is 15.5 Å². The maximum atomic E-state index is 12.1. The van der Waals surface area contributed by atoms with Crippen LogP contribution in [0.4, 0.5) is 4.79 Å². The number of carbonyl (C=O) groups is 3. The lowest BCUT2D eigenvalue weighted by Gasteiger charge is -2.30. The SMILES string of the molecule is CCC[N+](C)(C)CC(=O)NC(C)N1C(=O)NC(C)(C)C1=O. The zero-order valence-corrected chi connectivity index (χ0v) is 13.8. The zero-order chi connectivity index (χ0) is 16.4. The summed E-state index contributed by atoms with van der Waals surface area (Å²) in [6.45, 7) is 8.18. The van der Waals surface area contributed by atoms with Crippen molar-refractivity contribution in [3.63, 3.8) is 0 Å². The van der Waals surface area contributed by atoms with E-state index in [1.54, 1.807) is 20.8 Å². The van der Waals surface area contributed by atoms with Gasteiger partial charge in [-0.1, -0.05) is 6.92 Å². The van der Waals surface area contributed by atoms with Gasteiger partial charge in [-0.25, -0.2) is 9.69 Å².